The Hall–Kier alpha value is -0.230. The second kappa shape index (κ2) is 4.53. The number of amidine groups is 1. The van der Waals surface area contributed by atoms with Crippen LogP contribution in [0, 0.1) is 5.41 Å². The predicted octanol–water partition coefficient (Wildman–Crippen LogP) is 0.969. The highest BCUT2D eigenvalue weighted by atomic mass is 32.2. The number of nitrogens with two attached hydrogens (primary N) is 1. The van der Waals surface area contributed by atoms with Crippen molar-refractivity contribution in [3.63, 3.8) is 0 Å². The van der Waals surface area contributed by atoms with Crippen molar-refractivity contribution in [3.8, 4) is 0 Å². The number of hydrogen-bond acceptors (Lipinski definition) is 4. The number of hydrogen-bond donors (Lipinski definition) is 2. The Balaban J connectivity index is 2.56. The molecule has 2 atom stereocenters. The van der Waals surface area contributed by atoms with Gasteiger partial charge in [0.05, 0.1) is 5.25 Å². The second-order valence-electron chi connectivity index (χ2n) is 3.72. The molecule has 0 aromatic heterocycles. The summed E-state index contributed by atoms with van der Waals surface area (Å²) in [6.07, 6.45) is 4.58. The average molecular weight is 236 g/mol. The Bertz CT molecular complexity index is 313. The molecule has 1 aliphatic rings. The van der Waals surface area contributed by atoms with Gasteiger partial charge in [0.2, 0.25) is 0 Å². The van der Waals surface area contributed by atoms with E-state index in [0.29, 0.717) is 6.42 Å². The maximum atomic E-state index is 11.3. The lowest BCUT2D eigenvalue weighted by atomic mass is 10.00. The third kappa shape index (κ3) is 3.49. The van der Waals surface area contributed by atoms with Crippen LogP contribution in [0.1, 0.15) is 25.7 Å². The van der Waals surface area contributed by atoms with Crippen LogP contribution in [0.4, 0.5) is 0 Å². The molecule has 1 fully saturated rings. The van der Waals surface area contributed by atoms with Crippen molar-refractivity contribution in [1.82, 2.24) is 0 Å². The van der Waals surface area contributed by atoms with Crippen molar-refractivity contribution in [2.45, 2.75) is 36.2 Å². The molecule has 0 spiro atoms. The van der Waals surface area contributed by atoms with E-state index >= 15 is 0 Å². The molecule has 0 amide bonds. The lowest BCUT2D eigenvalue weighted by Gasteiger charge is -2.26. The number of thioether (sulfide) groups is 1. The lowest BCUT2D eigenvalue weighted by molar-refractivity contribution is 0.496. The van der Waals surface area contributed by atoms with E-state index in [1.54, 1.807) is 0 Å². The Labute approximate surface area is 89.1 Å². The summed E-state index contributed by atoms with van der Waals surface area (Å²) in [5.74, 6) is 0. The maximum Gasteiger partial charge on any atom is 0.151 e. The summed E-state index contributed by atoms with van der Waals surface area (Å²) >= 11 is 1.29. The summed E-state index contributed by atoms with van der Waals surface area (Å²) < 4.78 is 22.6. The zero-order valence-corrected chi connectivity index (χ0v) is 9.83. The molecule has 0 aliphatic heterocycles. The summed E-state index contributed by atoms with van der Waals surface area (Å²) in [7, 11) is -2.92. The molecule has 0 bridgehead atoms. The van der Waals surface area contributed by atoms with Crippen molar-refractivity contribution in [3.05, 3.63) is 0 Å². The molecule has 2 unspecified atom stereocenters. The molecule has 14 heavy (non-hydrogen) atoms. The van der Waals surface area contributed by atoms with Crippen molar-refractivity contribution >= 4 is 26.8 Å². The minimum atomic E-state index is -2.92. The number of sulfone groups is 1. The highest BCUT2D eigenvalue weighted by Crippen LogP contribution is 2.31. The van der Waals surface area contributed by atoms with Gasteiger partial charge in [0, 0.05) is 11.5 Å². The van der Waals surface area contributed by atoms with E-state index < -0.39 is 9.84 Å². The van der Waals surface area contributed by atoms with Gasteiger partial charge in [0.15, 0.2) is 5.17 Å². The normalized spacial score (nSPS) is 28.6. The van der Waals surface area contributed by atoms with E-state index in [1.807, 2.05) is 0 Å². The Morgan fingerprint density at radius 1 is 1.50 bits per heavy atom. The summed E-state index contributed by atoms with van der Waals surface area (Å²) in [5, 5.41) is 7.21. The standard InChI is InChI=1S/C8H16N2O2S2/c1-14(11,12)7-4-2-3-6(5-7)13-8(9)10/h6-7H,2-5H2,1H3,(H3,9,10). The van der Waals surface area contributed by atoms with Crippen LogP contribution in [0.25, 0.3) is 0 Å². The zero-order valence-electron chi connectivity index (χ0n) is 8.19. The van der Waals surface area contributed by atoms with Gasteiger partial charge in [0.1, 0.15) is 9.84 Å². The summed E-state index contributed by atoms with van der Waals surface area (Å²) in [4.78, 5) is 0. The van der Waals surface area contributed by atoms with E-state index in [2.05, 4.69) is 0 Å². The van der Waals surface area contributed by atoms with Crippen molar-refractivity contribution in [1.29, 1.82) is 5.41 Å². The molecule has 0 radical (unpaired) electrons. The molecule has 82 valence electrons. The van der Waals surface area contributed by atoms with Crippen LogP contribution in [-0.4, -0.2) is 30.3 Å². The Morgan fingerprint density at radius 3 is 2.64 bits per heavy atom. The Kier molecular flexibility index (Phi) is 3.83. The van der Waals surface area contributed by atoms with Crippen molar-refractivity contribution in [2.75, 3.05) is 6.26 Å². The molecule has 0 heterocycles. The van der Waals surface area contributed by atoms with E-state index in [-0.39, 0.29) is 15.7 Å². The highest BCUT2D eigenvalue weighted by molar-refractivity contribution is 8.14. The fourth-order valence-electron chi connectivity index (χ4n) is 1.78. The summed E-state index contributed by atoms with van der Waals surface area (Å²) in [6.45, 7) is 0. The maximum absolute atomic E-state index is 11.3. The highest BCUT2D eigenvalue weighted by Gasteiger charge is 2.29. The molecule has 3 N–H and O–H groups in total. The smallest absolute Gasteiger partial charge is 0.151 e. The minimum absolute atomic E-state index is 0.0872. The third-order valence-corrected chi connectivity index (χ3v) is 5.13. The van der Waals surface area contributed by atoms with Gasteiger partial charge in [-0.15, -0.1) is 0 Å². The molecule has 0 aromatic carbocycles. The SMILES string of the molecule is CS(=O)(=O)C1CCCC(SC(=N)N)C1. The fraction of sp³-hybridized carbons (Fsp3) is 0.875. The number of rotatable bonds is 2. The quantitative estimate of drug-likeness (QED) is 0.552. The predicted molar refractivity (Wildman–Crippen MR) is 60.4 cm³/mol. The van der Waals surface area contributed by atoms with Crippen LogP contribution in [-0.2, 0) is 9.84 Å². The van der Waals surface area contributed by atoms with Crippen LogP contribution in [0.2, 0.25) is 0 Å². The Morgan fingerprint density at radius 2 is 2.14 bits per heavy atom. The molecular formula is C8H16N2O2S2. The van der Waals surface area contributed by atoms with Gasteiger partial charge < -0.3 is 5.73 Å². The first kappa shape index (κ1) is 11.8. The van der Waals surface area contributed by atoms with E-state index in [0.717, 1.165) is 19.3 Å². The van der Waals surface area contributed by atoms with Gasteiger partial charge in [0.25, 0.3) is 0 Å². The fourth-order valence-corrected chi connectivity index (χ4v) is 4.05. The first-order valence-corrected chi connectivity index (χ1v) is 7.42. The molecule has 6 heteroatoms. The lowest BCUT2D eigenvalue weighted by Crippen LogP contribution is -2.29. The van der Waals surface area contributed by atoms with E-state index in [9.17, 15) is 8.42 Å². The average Bonchev–Trinajstić information content (AvgIpc) is 2.01. The van der Waals surface area contributed by atoms with Crippen LogP contribution < -0.4 is 5.73 Å². The van der Waals surface area contributed by atoms with Crippen LogP contribution in [0.3, 0.4) is 0 Å². The van der Waals surface area contributed by atoms with Crippen LogP contribution in [0.15, 0.2) is 0 Å². The molecule has 4 nitrogen and oxygen atoms in total. The molecule has 0 saturated heterocycles. The number of nitrogens with one attached hydrogen (secondary N) is 1. The van der Waals surface area contributed by atoms with Gasteiger partial charge in [-0.3, -0.25) is 5.41 Å². The second-order valence-corrected chi connectivity index (χ2v) is 7.39. The van der Waals surface area contributed by atoms with Gasteiger partial charge >= 0.3 is 0 Å². The third-order valence-electron chi connectivity index (χ3n) is 2.48. The van der Waals surface area contributed by atoms with E-state index in [4.69, 9.17) is 11.1 Å². The molecule has 0 aromatic rings. The van der Waals surface area contributed by atoms with Gasteiger partial charge in [-0.05, 0) is 19.3 Å². The molecular weight excluding hydrogens is 220 g/mol. The minimum Gasteiger partial charge on any atom is -0.379 e. The largest absolute Gasteiger partial charge is 0.379 e. The first-order valence-electron chi connectivity index (χ1n) is 4.59. The van der Waals surface area contributed by atoms with Crippen LogP contribution in [0.5, 0.6) is 0 Å². The summed E-state index contributed by atoms with van der Waals surface area (Å²) in [6, 6.07) is 0. The van der Waals surface area contributed by atoms with Crippen molar-refractivity contribution in [2.24, 2.45) is 5.73 Å². The monoisotopic (exact) mass is 236 g/mol. The molecule has 1 saturated carbocycles. The molecule has 1 aliphatic carbocycles. The van der Waals surface area contributed by atoms with Crippen molar-refractivity contribution < 1.29 is 8.42 Å². The first-order chi connectivity index (χ1) is 6.39. The topological polar surface area (TPSA) is 84.0 Å². The summed E-state index contributed by atoms with van der Waals surface area (Å²) in [5.41, 5.74) is 5.27. The molecule has 1 rings (SSSR count). The van der Waals surface area contributed by atoms with Crippen LogP contribution >= 0.6 is 11.8 Å². The van der Waals surface area contributed by atoms with Gasteiger partial charge in [-0.2, -0.15) is 0 Å². The van der Waals surface area contributed by atoms with Gasteiger partial charge in [-0.25, -0.2) is 8.42 Å². The van der Waals surface area contributed by atoms with E-state index in [1.165, 1.54) is 18.0 Å². The van der Waals surface area contributed by atoms with Gasteiger partial charge in [-0.1, -0.05) is 18.2 Å². The zero-order chi connectivity index (χ0) is 10.8.